The van der Waals surface area contributed by atoms with E-state index in [-0.39, 0.29) is 17.1 Å². The summed E-state index contributed by atoms with van der Waals surface area (Å²) in [6, 6.07) is 8.04. The van der Waals surface area contributed by atoms with E-state index in [2.05, 4.69) is 4.98 Å². The van der Waals surface area contributed by atoms with Gasteiger partial charge in [-0.15, -0.1) is 0 Å². The Hall–Kier alpha value is -2.07. The molecule has 0 bridgehead atoms. The van der Waals surface area contributed by atoms with Crippen LogP contribution in [0.15, 0.2) is 36.5 Å². The summed E-state index contributed by atoms with van der Waals surface area (Å²) in [5, 5.41) is 9.94. The van der Waals surface area contributed by atoms with E-state index in [1.807, 2.05) is 6.07 Å². The van der Waals surface area contributed by atoms with Crippen LogP contribution in [0.5, 0.6) is 11.5 Å². The average Bonchev–Trinajstić information content (AvgIpc) is 2.39. The number of nitrogens with zero attached hydrogens (tertiary/aromatic N) is 1. The Labute approximate surface area is 115 Å². The first-order chi connectivity index (χ1) is 9.06. The lowest BCUT2D eigenvalue weighted by Gasteiger charge is -2.08. The molecule has 1 aromatic heterocycles. The molecule has 4 nitrogen and oxygen atoms in total. The molecule has 0 saturated carbocycles. The highest BCUT2D eigenvalue weighted by Crippen LogP contribution is 2.24. The third-order valence-corrected chi connectivity index (χ3v) is 2.77. The van der Waals surface area contributed by atoms with Crippen molar-refractivity contribution < 1.29 is 14.6 Å². The molecule has 0 aliphatic heterocycles. The third kappa shape index (κ3) is 3.45. The highest BCUT2D eigenvalue weighted by Gasteiger charge is 2.08. The molecule has 0 radical (unpaired) electrons. The maximum atomic E-state index is 11.3. The number of ether oxygens (including phenoxy) is 1. The number of pyridine rings is 1. The van der Waals surface area contributed by atoms with Crippen LogP contribution in [0.2, 0.25) is 5.15 Å². The van der Waals surface area contributed by atoms with Gasteiger partial charge in [0.25, 0.3) is 0 Å². The maximum absolute atomic E-state index is 11.3. The number of phenols is 1. The predicted octanol–water partition coefficient (Wildman–Crippen LogP) is 3.22. The van der Waals surface area contributed by atoms with Gasteiger partial charge in [0, 0.05) is 11.8 Å². The molecule has 0 aliphatic rings. The molecule has 5 heteroatoms. The molecule has 0 fully saturated rings. The largest absolute Gasteiger partial charge is 0.507 e. The van der Waals surface area contributed by atoms with Gasteiger partial charge in [0.15, 0.2) is 5.78 Å². The number of halogens is 1. The average molecular weight is 278 g/mol. The van der Waals surface area contributed by atoms with Gasteiger partial charge in [0.1, 0.15) is 23.3 Å². The fourth-order valence-corrected chi connectivity index (χ4v) is 1.66. The summed E-state index contributed by atoms with van der Waals surface area (Å²) in [6.45, 7) is 1.70. The van der Waals surface area contributed by atoms with Gasteiger partial charge in [-0.25, -0.2) is 4.98 Å². The summed E-state index contributed by atoms with van der Waals surface area (Å²) in [7, 11) is 0. The SMILES string of the molecule is CC(=O)c1cc(OCc2ccc(Cl)nc2)ccc1O. The minimum absolute atomic E-state index is 0.0481. The van der Waals surface area contributed by atoms with Crippen LogP contribution in [-0.4, -0.2) is 15.9 Å². The van der Waals surface area contributed by atoms with Gasteiger partial charge >= 0.3 is 0 Å². The number of ketones is 1. The topological polar surface area (TPSA) is 59.4 Å². The third-order valence-electron chi connectivity index (χ3n) is 2.54. The Balaban J connectivity index is 2.09. The van der Waals surface area contributed by atoms with Crippen molar-refractivity contribution in [3.63, 3.8) is 0 Å². The molecular weight excluding hydrogens is 266 g/mol. The Morgan fingerprint density at radius 2 is 2.16 bits per heavy atom. The van der Waals surface area contributed by atoms with E-state index < -0.39 is 0 Å². The summed E-state index contributed by atoms with van der Waals surface area (Å²) >= 11 is 5.68. The van der Waals surface area contributed by atoms with E-state index in [0.717, 1.165) is 5.56 Å². The molecule has 19 heavy (non-hydrogen) atoms. The summed E-state index contributed by atoms with van der Waals surface area (Å²) in [4.78, 5) is 15.2. The Bertz CT molecular complexity index is 596. The number of Topliss-reactive ketones (excluding diaryl/α,β-unsaturated/α-hetero) is 1. The van der Waals surface area contributed by atoms with Gasteiger partial charge in [-0.3, -0.25) is 4.79 Å². The first-order valence-corrected chi connectivity index (χ1v) is 6.01. The molecule has 0 aliphatic carbocycles. The molecule has 0 unspecified atom stereocenters. The minimum Gasteiger partial charge on any atom is -0.507 e. The molecule has 2 aromatic rings. The van der Waals surface area contributed by atoms with Crippen molar-refractivity contribution >= 4 is 17.4 Å². The predicted molar refractivity (Wildman–Crippen MR) is 71.7 cm³/mol. The zero-order valence-electron chi connectivity index (χ0n) is 10.3. The normalized spacial score (nSPS) is 10.2. The first-order valence-electron chi connectivity index (χ1n) is 5.63. The zero-order chi connectivity index (χ0) is 13.8. The van der Waals surface area contributed by atoms with Crippen molar-refractivity contribution in [3.05, 3.63) is 52.8 Å². The summed E-state index contributed by atoms with van der Waals surface area (Å²) < 4.78 is 5.53. The molecule has 98 valence electrons. The van der Waals surface area contributed by atoms with Gasteiger partial charge in [-0.05, 0) is 31.2 Å². The van der Waals surface area contributed by atoms with Crippen LogP contribution in [0.3, 0.4) is 0 Å². The van der Waals surface area contributed by atoms with E-state index >= 15 is 0 Å². The number of rotatable bonds is 4. The number of phenolic OH excluding ortho intramolecular Hbond substituents is 1. The van der Waals surface area contributed by atoms with Crippen LogP contribution in [-0.2, 0) is 6.61 Å². The summed E-state index contributed by atoms with van der Waals surface area (Å²) in [5.74, 6) is 0.252. The zero-order valence-corrected chi connectivity index (χ0v) is 11.0. The second-order valence-electron chi connectivity index (χ2n) is 4.01. The van der Waals surface area contributed by atoms with Crippen molar-refractivity contribution in [2.45, 2.75) is 13.5 Å². The van der Waals surface area contributed by atoms with Gasteiger partial charge in [0.05, 0.1) is 5.56 Å². The van der Waals surface area contributed by atoms with Crippen molar-refractivity contribution in [1.82, 2.24) is 4.98 Å². The minimum atomic E-state index is -0.212. The number of aromatic hydroxyl groups is 1. The van der Waals surface area contributed by atoms with Crippen molar-refractivity contribution in [1.29, 1.82) is 0 Å². The van der Waals surface area contributed by atoms with E-state index in [0.29, 0.717) is 17.5 Å². The Morgan fingerprint density at radius 3 is 2.79 bits per heavy atom. The number of hydrogen-bond donors (Lipinski definition) is 1. The van der Waals surface area contributed by atoms with Gasteiger partial charge < -0.3 is 9.84 Å². The first kappa shape index (κ1) is 13.4. The van der Waals surface area contributed by atoms with E-state index in [1.54, 1.807) is 18.3 Å². The van der Waals surface area contributed by atoms with Crippen LogP contribution >= 0.6 is 11.6 Å². The summed E-state index contributed by atoms with van der Waals surface area (Å²) in [6.07, 6.45) is 1.62. The molecule has 1 heterocycles. The Morgan fingerprint density at radius 1 is 1.37 bits per heavy atom. The second-order valence-corrected chi connectivity index (χ2v) is 4.40. The Kier molecular flexibility index (Phi) is 4.02. The number of hydrogen-bond acceptors (Lipinski definition) is 4. The molecule has 0 saturated heterocycles. The van der Waals surface area contributed by atoms with E-state index in [9.17, 15) is 9.90 Å². The number of carbonyl (C=O) groups is 1. The van der Waals surface area contributed by atoms with Crippen molar-refractivity contribution in [2.24, 2.45) is 0 Å². The summed E-state index contributed by atoms with van der Waals surface area (Å²) in [5.41, 5.74) is 1.11. The lowest BCUT2D eigenvalue weighted by Crippen LogP contribution is -1.98. The molecule has 0 atom stereocenters. The van der Waals surface area contributed by atoms with Crippen LogP contribution in [0.25, 0.3) is 0 Å². The quantitative estimate of drug-likeness (QED) is 0.688. The molecule has 1 N–H and O–H groups in total. The maximum Gasteiger partial charge on any atom is 0.163 e. The molecular formula is C14H12ClNO3. The second kappa shape index (κ2) is 5.71. The lowest BCUT2D eigenvalue weighted by molar-refractivity contribution is 0.101. The van der Waals surface area contributed by atoms with Crippen molar-refractivity contribution in [3.8, 4) is 11.5 Å². The van der Waals surface area contributed by atoms with Gasteiger partial charge in [-0.2, -0.15) is 0 Å². The molecule has 2 rings (SSSR count). The fraction of sp³-hybridized carbons (Fsp3) is 0.143. The number of aromatic nitrogens is 1. The lowest BCUT2D eigenvalue weighted by atomic mass is 10.1. The fourth-order valence-electron chi connectivity index (χ4n) is 1.55. The van der Waals surface area contributed by atoms with E-state index in [1.165, 1.54) is 19.1 Å². The van der Waals surface area contributed by atoms with Gasteiger partial charge in [-0.1, -0.05) is 17.7 Å². The van der Waals surface area contributed by atoms with Crippen LogP contribution in [0, 0.1) is 0 Å². The van der Waals surface area contributed by atoms with Gasteiger partial charge in [0.2, 0.25) is 0 Å². The smallest absolute Gasteiger partial charge is 0.163 e. The molecule has 1 aromatic carbocycles. The molecule has 0 amide bonds. The molecule has 0 spiro atoms. The number of carbonyl (C=O) groups excluding carboxylic acids is 1. The standard InChI is InChI=1S/C14H12ClNO3/c1-9(17)12-6-11(3-4-13(12)18)19-8-10-2-5-14(15)16-7-10/h2-7,18H,8H2,1H3. The van der Waals surface area contributed by atoms with Crippen LogP contribution < -0.4 is 4.74 Å². The highest BCUT2D eigenvalue weighted by molar-refractivity contribution is 6.29. The monoisotopic (exact) mass is 277 g/mol. The van der Waals surface area contributed by atoms with E-state index in [4.69, 9.17) is 16.3 Å². The number of benzene rings is 1. The highest BCUT2D eigenvalue weighted by atomic mass is 35.5. The van der Waals surface area contributed by atoms with Crippen LogP contribution in [0.1, 0.15) is 22.8 Å². The van der Waals surface area contributed by atoms with Crippen LogP contribution in [0.4, 0.5) is 0 Å². The van der Waals surface area contributed by atoms with Crippen molar-refractivity contribution in [2.75, 3.05) is 0 Å².